The highest BCUT2D eigenvalue weighted by molar-refractivity contribution is 5.39. The van der Waals surface area contributed by atoms with Gasteiger partial charge >= 0.3 is 0 Å². The van der Waals surface area contributed by atoms with E-state index in [4.69, 9.17) is 15.2 Å². The van der Waals surface area contributed by atoms with Gasteiger partial charge in [0, 0.05) is 6.54 Å². The third-order valence-electron chi connectivity index (χ3n) is 1.91. The maximum atomic E-state index is 9.28. The normalized spacial score (nSPS) is 11.9. The molecule has 0 bridgehead atoms. The molecule has 0 saturated heterocycles. The molecule has 1 rings (SSSR count). The van der Waals surface area contributed by atoms with Crippen molar-refractivity contribution < 1.29 is 14.6 Å². The Morgan fingerprint density at radius 2 is 1.94 bits per heavy atom. The molecule has 0 aliphatic heterocycles. The predicted molar refractivity (Wildman–Crippen MR) is 62.7 cm³/mol. The smallest absolute Gasteiger partial charge is 0.161 e. The highest BCUT2D eigenvalue weighted by atomic mass is 16.5. The fraction of sp³-hybridized carbons (Fsp3) is 0.333. The Bertz CT molecular complexity index is 328. The minimum absolute atomic E-state index is 0.158. The Balaban J connectivity index is 2.59. The fourth-order valence-corrected chi connectivity index (χ4v) is 1.09. The molecule has 0 amide bonds. The second kappa shape index (κ2) is 6.87. The summed E-state index contributed by atoms with van der Waals surface area (Å²) < 4.78 is 10.8. The Hall–Kier alpha value is -1.52. The molecule has 0 fully saturated rings. The third-order valence-corrected chi connectivity index (χ3v) is 1.91. The monoisotopic (exact) mass is 223 g/mol. The van der Waals surface area contributed by atoms with Crippen LogP contribution in [0.2, 0.25) is 0 Å². The van der Waals surface area contributed by atoms with Crippen LogP contribution >= 0.6 is 0 Å². The van der Waals surface area contributed by atoms with Gasteiger partial charge in [0.25, 0.3) is 0 Å². The second-order valence-electron chi connectivity index (χ2n) is 3.25. The Labute approximate surface area is 95.3 Å². The van der Waals surface area contributed by atoms with Crippen molar-refractivity contribution in [2.75, 3.05) is 19.8 Å². The van der Waals surface area contributed by atoms with Gasteiger partial charge in [0.15, 0.2) is 11.5 Å². The van der Waals surface area contributed by atoms with E-state index >= 15 is 0 Å². The van der Waals surface area contributed by atoms with E-state index in [1.807, 2.05) is 12.1 Å². The minimum Gasteiger partial charge on any atom is -0.487 e. The third kappa shape index (κ3) is 3.92. The summed E-state index contributed by atoms with van der Waals surface area (Å²) in [7, 11) is 0. The molecule has 0 aliphatic carbocycles. The number of rotatable bonds is 7. The van der Waals surface area contributed by atoms with Crippen molar-refractivity contribution in [2.24, 2.45) is 5.73 Å². The van der Waals surface area contributed by atoms with Crippen molar-refractivity contribution in [3.05, 3.63) is 36.9 Å². The molecule has 4 heteroatoms. The lowest BCUT2D eigenvalue weighted by molar-refractivity contribution is 0.112. The molecule has 16 heavy (non-hydrogen) atoms. The van der Waals surface area contributed by atoms with Crippen molar-refractivity contribution in [3.63, 3.8) is 0 Å². The standard InChI is InChI=1S/C12H17NO3/c1-2-7-15-11-5-3-4-6-12(11)16-9-10(14)8-13/h2-6,10,14H,1,7-9,13H2. The minimum atomic E-state index is -0.660. The molecule has 1 unspecified atom stereocenters. The Morgan fingerprint density at radius 3 is 2.50 bits per heavy atom. The molecule has 0 spiro atoms. The molecule has 4 nitrogen and oxygen atoms in total. The van der Waals surface area contributed by atoms with Crippen LogP contribution in [0.5, 0.6) is 11.5 Å². The molecule has 88 valence electrons. The SMILES string of the molecule is C=CCOc1ccccc1OCC(O)CN. The topological polar surface area (TPSA) is 64.7 Å². The van der Waals surface area contributed by atoms with Crippen molar-refractivity contribution in [1.29, 1.82) is 0 Å². The van der Waals surface area contributed by atoms with Crippen LogP contribution in [-0.4, -0.2) is 31.0 Å². The van der Waals surface area contributed by atoms with Crippen LogP contribution in [0.25, 0.3) is 0 Å². The maximum absolute atomic E-state index is 9.28. The van der Waals surface area contributed by atoms with Gasteiger partial charge < -0.3 is 20.3 Å². The number of ether oxygens (including phenoxy) is 2. The van der Waals surface area contributed by atoms with Crippen LogP contribution in [0.3, 0.4) is 0 Å². The van der Waals surface area contributed by atoms with Crippen LogP contribution in [-0.2, 0) is 0 Å². The number of aliphatic hydroxyl groups excluding tert-OH is 1. The average molecular weight is 223 g/mol. The molecule has 1 aromatic rings. The lowest BCUT2D eigenvalue weighted by Gasteiger charge is -2.13. The van der Waals surface area contributed by atoms with Gasteiger partial charge in [-0.15, -0.1) is 0 Å². The Morgan fingerprint density at radius 1 is 1.31 bits per heavy atom. The zero-order valence-electron chi connectivity index (χ0n) is 9.13. The summed E-state index contributed by atoms with van der Waals surface area (Å²) in [4.78, 5) is 0. The number of hydrogen-bond donors (Lipinski definition) is 2. The van der Waals surface area contributed by atoms with E-state index in [-0.39, 0.29) is 13.2 Å². The van der Waals surface area contributed by atoms with Crippen LogP contribution < -0.4 is 15.2 Å². The van der Waals surface area contributed by atoms with Gasteiger partial charge in [0.2, 0.25) is 0 Å². The first-order chi connectivity index (χ1) is 7.77. The van der Waals surface area contributed by atoms with Crippen LogP contribution in [0, 0.1) is 0 Å². The zero-order chi connectivity index (χ0) is 11.8. The summed E-state index contributed by atoms with van der Waals surface area (Å²) in [6, 6.07) is 7.27. The van der Waals surface area contributed by atoms with E-state index in [0.29, 0.717) is 18.1 Å². The molecule has 0 radical (unpaired) electrons. The van der Waals surface area contributed by atoms with Crippen molar-refractivity contribution >= 4 is 0 Å². The van der Waals surface area contributed by atoms with Crippen molar-refractivity contribution in [2.45, 2.75) is 6.10 Å². The summed E-state index contributed by atoms with van der Waals surface area (Å²) in [5.41, 5.74) is 5.28. The van der Waals surface area contributed by atoms with E-state index < -0.39 is 6.10 Å². The van der Waals surface area contributed by atoms with Gasteiger partial charge in [-0.2, -0.15) is 0 Å². The summed E-state index contributed by atoms with van der Waals surface area (Å²) in [6.45, 7) is 4.32. The molecule has 0 heterocycles. The summed E-state index contributed by atoms with van der Waals surface area (Å²) in [5.74, 6) is 1.23. The van der Waals surface area contributed by atoms with Crippen molar-refractivity contribution in [3.8, 4) is 11.5 Å². The lowest BCUT2D eigenvalue weighted by Crippen LogP contribution is -2.26. The van der Waals surface area contributed by atoms with Gasteiger partial charge in [0.1, 0.15) is 19.3 Å². The molecular formula is C12H17NO3. The van der Waals surface area contributed by atoms with Crippen LogP contribution in [0.15, 0.2) is 36.9 Å². The van der Waals surface area contributed by atoms with Gasteiger partial charge in [0.05, 0.1) is 0 Å². The number of aliphatic hydroxyl groups is 1. The van der Waals surface area contributed by atoms with E-state index in [9.17, 15) is 5.11 Å². The van der Waals surface area contributed by atoms with Crippen molar-refractivity contribution in [1.82, 2.24) is 0 Å². The van der Waals surface area contributed by atoms with Gasteiger partial charge in [-0.25, -0.2) is 0 Å². The predicted octanol–water partition coefficient (Wildman–Crippen LogP) is 0.950. The molecule has 0 aromatic heterocycles. The van der Waals surface area contributed by atoms with E-state index in [1.54, 1.807) is 18.2 Å². The maximum Gasteiger partial charge on any atom is 0.161 e. The molecule has 1 atom stereocenters. The van der Waals surface area contributed by atoms with E-state index in [1.165, 1.54) is 0 Å². The Kier molecular flexibility index (Phi) is 5.39. The largest absolute Gasteiger partial charge is 0.487 e. The lowest BCUT2D eigenvalue weighted by atomic mass is 10.3. The average Bonchev–Trinajstić information content (AvgIpc) is 2.34. The summed E-state index contributed by atoms with van der Waals surface area (Å²) in [6.07, 6.45) is 0.998. The fourth-order valence-electron chi connectivity index (χ4n) is 1.09. The number of hydrogen-bond acceptors (Lipinski definition) is 4. The number of benzene rings is 1. The quantitative estimate of drug-likeness (QED) is 0.675. The summed E-state index contributed by atoms with van der Waals surface area (Å²) >= 11 is 0. The molecular weight excluding hydrogens is 206 g/mol. The molecule has 3 N–H and O–H groups in total. The first-order valence-corrected chi connectivity index (χ1v) is 5.11. The number of para-hydroxylation sites is 2. The molecule has 1 aromatic carbocycles. The zero-order valence-corrected chi connectivity index (χ0v) is 9.13. The van der Waals surface area contributed by atoms with E-state index in [0.717, 1.165) is 0 Å². The van der Waals surface area contributed by atoms with Gasteiger partial charge in [-0.05, 0) is 12.1 Å². The van der Waals surface area contributed by atoms with E-state index in [2.05, 4.69) is 6.58 Å². The molecule has 0 aliphatic rings. The first kappa shape index (κ1) is 12.5. The second-order valence-corrected chi connectivity index (χ2v) is 3.25. The molecule has 0 saturated carbocycles. The van der Waals surface area contributed by atoms with Gasteiger partial charge in [-0.1, -0.05) is 24.8 Å². The number of nitrogens with two attached hydrogens (primary N) is 1. The highest BCUT2D eigenvalue weighted by Crippen LogP contribution is 2.26. The highest BCUT2D eigenvalue weighted by Gasteiger charge is 2.06. The van der Waals surface area contributed by atoms with Gasteiger partial charge in [-0.3, -0.25) is 0 Å². The first-order valence-electron chi connectivity index (χ1n) is 5.11. The van der Waals surface area contributed by atoms with Crippen LogP contribution in [0.4, 0.5) is 0 Å². The van der Waals surface area contributed by atoms with Crippen LogP contribution in [0.1, 0.15) is 0 Å². The summed E-state index contributed by atoms with van der Waals surface area (Å²) in [5, 5.41) is 9.28.